The van der Waals surface area contributed by atoms with Crippen LogP contribution in [-0.2, 0) is 4.79 Å². The van der Waals surface area contributed by atoms with Crippen molar-refractivity contribution in [2.45, 2.75) is 25.3 Å². The van der Waals surface area contributed by atoms with E-state index in [2.05, 4.69) is 5.32 Å². The first kappa shape index (κ1) is 10.9. The first-order valence-electron chi connectivity index (χ1n) is 5.61. The average molecular weight is 216 g/mol. The lowest BCUT2D eigenvalue weighted by Crippen LogP contribution is -2.24. The molecule has 3 nitrogen and oxygen atoms in total. The Bertz CT molecular complexity index is 375. The third-order valence-corrected chi connectivity index (χ3v) is 3.07. The summed E-state index contributed by atoms with van der Waals surface area (Å²) < 4.78 is 0. The molecule has 0 saturated heterocycles. The molecule has 1 aliphatic carbocycles. The van der Waals surface area contributed by atoms with E-state index in [-0.39, 0.29) is 12.0 Å². The van der Waals surface area contributed by atoms with Crippen molar-refractivity contribution in [1.82, 2.24) is 0 Å². The molecule has 0 aromatic heterocycles. The van der Waals surface area contributed by atoms with E-state index in [4.69, 9.17) is 5.41 Å². The quantitative estimate of drug-likeness (QED) is 0.760. The van der Waals surface area contributed by atoms with Crippen LogP contribution in [0.1, 0.15) is 19.3 Å². The van der Waals surface area contributed by atoms with E-state index in [1.54, 1.807) is 0 Å². The second-order valence-electron chi connectivity index (χ2n) is 4.29. The summed E-state index contributed by atoms with van der Waals surface area (Å²) in [5.74, 6) is 0.283. The molecule has 2 unspecified atom stereocenters. The molecular formula is C13H16N2O. The Morgan fingerprint density at radius 3 is 2.75 bits per heavy atom. The van der Waals surface area contributed by atoms with Gasteiger partial charge >= 0.3 is 0 Å². The lowest BCUT2D eigenvalue weighted by atomic mass is 10.00. The molecule has 16 heavy (non-hydrogen) atoms. The van der Waals surface area contributed by atoms with Gasteiger partial charge < -0.3 is 15.5 Å². The second-order valence-corrected chi connectivity index (χ2v) is 4.29. The van der Waals surface area contributed by atoms with Gasteiger partial charge in [0.15, 0.2) is 0 Å². The van der Waals surface area contributed by atoms with E-state index in [1.807, 2.05) is 30.3 Å². The summed E-state index contributed by atoms with van der Waals surface area (Å²) in [7, 11) is 0. The number of hydrogen-bond acceptors (Lipinski definition) is 3. The van der Waals surface area contributed by atoms with Crippen LogP contribution >= 0.6 is 0 Å². The molecule has 0 heterocycles. The second kappa shape index (κ2) is 4.92. The fourth-order valence-electron chi connectivity index (χ4n) is 2.26. The van der Waals surface area contributed by atoms with E-state index in [0.29, 0.717) is 6.42 Å². The minimum absolute atomic E-state index is 0.236. The van der Waals surface area contributed by atoms with Gasteiger partial charge in [-0.1, -0.05) is 18.2 Å². The highest BCUT2D eigenvalue weighted by Crippen LogP contribution is 2.28. The maximum atomic E-state index is 10.6. The molecule has 0 radical (unpaired) electrons. The first-order valence-corrected chi connectivity index (χ1v) is 5.61. The van der Waals surface area contributed by atoms with Crippen LogP contribution in [0, 0.1) is 11.3 Å². The number of carbonyl (C=O) groups excluding carboxylic acids is 1. The molecular weight excluding hydrogens is 200 g/mol. The average Bonchev–Trinajstić information content (AvgIpc) is 2.61. The maximum absolute atomic E-state index is 10.6. The predicted octanol–water partition coefficient (Wildman–Crippen LogP) is 2.49. The molecule has 1 aromatic carbocycles. The fourth-order valence-corrected chi connectivity index (χ4v) is 2.26. The van der Waals surface area contributed by atoms with Gasteiger partial charge in [-0.2, -0.15) is 0 Å². The molecule has 2 N–H and O–H groups in total. The number of nitrogens with one attached hydrogen (secondary N) is 2. The van der Waals surface area contributed by atoms with Gasteiger partial charge in [0.25, 0.3) is 0 Å². The number of rotatable bonds is 4. The number of para-hydroxylation sites is 1. The van der Waals surface area contributed by atoms with Crippen molar-refractivity contribution in [3.63, 3.8) is 0 Å². The Hall–Kier alpha value is -1.64. The Kier molecular flexibility index (Phi) is 3.34. The standard InChI is InChI=1S/C13H16N2O/c14-11-8-10(6-7-16)13(9-11)15-12-4-2-1-3-5-12/h1-5,7,10,13-15H,6,8-9H2. The summed E-state index contributed by atoms with van der Waals surface area (Å²) in [5.41, 5.74) is 1.82. The molecule has 0 spiro atoms. The number of anilines is 1. The maximum Gasteiger partial charge on any atom is 0.120 e. The van der Waals surface area contributed by atoms with Crippen molar-refractivity contribution in [3.05, 3.63) is 30.3 Å². The normalized spacial score (nSPS) is 24.4. The van der Waals surface area contributed by atoms with Crippen LogP contribution in [0.5, 0.6) is 0 Å². The Balaban J connectivity index is 2.03. The van der Waals surface area contributed by atoms with Crippen molar-refractivity contribution in [3.8, 4) is 0 Å². The highest BCUT2D eigenvalue weighted by Gasteiger charge is 2.30. The summed E-state index contributed by atoms with van der Waals surface area (Å²) in [6.45, 7) is 0. The van der Waals surface area contributed by atoms with Gasteiger partial charge in [-0.3, -0.25) is 0 Å². The van der Waals surface area contributed by atoms with Gasteiger partial charge in [0.05, 0.1) is 0 Å². The van der Waals surface area contributed by atoms with Crippen molar-refractivity contribution in [1.29, 1.82) is 5.41 Å². The van der Waals surface area contributed by atoms with Gasteiger partial charge in [0, 0.05) is 30.3 Å². The Morgan fingerprint density at radius 2 is 2.06 bits per heavy atom. The number of carbonyl (C=O) groups is 1. The third-order valence-electron chi connectivity index (χ3n) is 3.07. The van der Waals surface area contributed by atoms with Crippen LogP contribution in [-0.4, -0.2) is 18.0 Å². The SMILES string of the molecule is N=C1CC(CC=O)C(Nc2ccccc2)C1. The molecule has 84 valence electrons. The van der Waals surface area contributed by atoms with Crippen molar-refractivity contribution < 1.29 is 4.79 Å². The van der Waals surface area contributed by atoms with Gasteiger partial charge in [-0.05, 0) is 24.5 Å². The van der Waals surface area contributed by atoms with Crippen molar-refractivity contribution in [2.24, 2.45) is 5.92 Å². The summed E-state index contributed by atoms with van der Waals surface area (Å²) in [6, 6.07) is 10.2. The van der Waals surface area contributed by atoms with Gasteiger partial charge in [-0.25, -0.2) is 0 Å². The zero-order valence-electron chi connectivity index (χ0n) is 9.15. The third kappa shape index (κ3) is 2.48. The van der Waals surface area contributed by atoms with Gasteiger partial charge in [0.2, 0.25) is 0 Å². The Morgan fingerprint density at radius 1 is 1.31 bits per heavy atom. The summed E-state index contributed by atoms with van der Waals surface area (Å²) in [4.78, 5) is 10.6. The lowest BCUT2D eigenvalue weighted by Gasteiger charge is -2.19. The van der Waals surface area contributed by atoms with Crippen LogP contribution in [0.3, 0.4) is 0 Å². The van der Waals surface area contributed by atoms with Gasteiger partial charge in [-0.15, -0.1) is 0 Å². The number of hydrogen-bond donors (Lipinski definition) is 2. The fraction of sp³-hybridized carbons (Fsp3) is 0.385. The molecule has 0 amide bonds. The van der Waals surface area contributed by atoms with E-state index < -0.39 is 0 Å². The molecule has 0 aliphatic heterocycles. The number of benzene rings is 1. The topological polar surface area (TPSA) is 53.0 Å². The molecule has 2 atom stereocenters. The van der Waals surface area contributed by atoms with E-state index in [1.165, 1.54) is 0 Å². The van der Waals surface area contributed by atoms with Crippen LogP contribution in [0.4, 0.5) is 5.69 Å². The molecule has 1 fully saturated rings. The van der Waals surface area contributed by atoms with Crippen LogP contribution < -0.4 is 5.32 Å². The zero-order chi connectivity index (χ0) is 11.4. The Labute approximate surface area is 95.4 Å². The van der Waals surface area contributed by atoms with E-state index in [0.717, 1.165) is 30.5 Å². The molecule has 1 aliphatic rings. The van der Waals surface area contributed by atoms with Crippen LogP contribution in [0.2, 0.25) is 0 Å². The summed E-state index contributed by atoms with van der Waals surface area (Å²) in [6.07, 6.45) is 3.02. The lowest BCUT2D eigenvalue weighted by molar-refractivity contribution is -0.108. The smallest absolute Gasteiger partial charge is 0.120 e. The van der Waals surface area contributed by atoms with Crippen LogP contribution in [0.15, 0.2) is 30.3 Å². The monoisotopic (exact) mass is 216 g/mol. The highest BCUT2D eigenvalue weighted by atomic mass is 16.1. The van der Waals surface area contributed by atoms with E-state index >= 15 is 0 Å². The first-order chi connectivity index (χ1) is 7.79. The van der Waals surface area contributed by atoms with E-state index in [9.17, 15) is 4.79 Å². The molecule has 2 rings (SSSR count). The molecule has 1 aromatic rings. The van der Waals surface area contributed by atoms with Crippen molar-refractivity contribution >= 4 is 17.7 Å². The van der Waals surface area contributed by atoms with Gasteiger partial charge in [0.1, 0.15) is 6.29 Å². The zero-order valence-corrected chi connectivity index (χ0v) is 9.15. The molecule has 0 bridgehead atoms. The molecule has 1 saturated carbocycles. The number of aldehydes is 1. The highest BCUT2D eigenvalue weighted by molar-refractivity contribution is 5.85. The minimum Gasteiger partial charge on any atom is -0.382 e. The minimum atomic E-state index is 0.236. The summed E-state index contributed by atoms with van der Waals surface area (Å²) >= 11 is 0. The summed E-state index contributed by atoms with van der Waals surface area (Å²) in [5, 5.41) is 11.1. The predicted molar refractivity (Wildman–Crippen MR) is 65.0 cm³/mol. The molecule has 3 heteroatoms. The van der Waals surface area contributed by atoms with Crippen molar-refractivity contribution in [2.75, 3.05) is 5.32 Å². The van der Waals surface area contributed by atoms with Crippen LogP contribution in [0.25, 0.3) is 0 Å². The largest absolute Gasteiger partial charge is 0.382 e.